The highest BCUT2D eigenvalue weighted by molar-refractivity contribution is 5.87. The number of benzene rings is 1. The van der Waals surface area contributed by atoms with Crippen LogP contribution in [0.5, 0.6) is 0 Å². The highest BCUT2D eigenvalue weighted by Crippen LogP contribution is 2.55. The number of carbonyl (C=O) groups is 1. The van der Waals surface area contributed by atoms with Gasteiger partial charge in [0.05, 0.1) is 12.0 Å². The molecule has 0 aliphatic heterocycles. The number of halogens is 1. The van der Waals surface area contributed by atoms with Gasteiger partial charge in [-0.25, -0.2) is 4.39 Å². The van der Waals surface area contributed by atoms with Gasteiger partial charge in [-0.1, -0.05) is 12.1 Å². The minimum atomic E-state index is -0.575. The van der Waals surface area contributed by atoms with Gasteiger partial charge in [0, 0.05) is 6.54 Å². The van der Waals surface area contributed by atoms with Crippen molar-refractivity contribution >= 4 is 5.97 Å². The minimum Gasteiger partial charge on any atom is -0.465 e. The standard InChI is InChI=1S/C15H20FNO2/c1-4-19-14(18)15(9-12(15)10-17(2)3)11-5-7-13(16)8-6-11/h5-8,12H,4,9-10H2,1-3H3/t12?,15-/m1/s1. The fourth-order valence-corrected chi connectivity index (χ4v) is 2.72. The summed E-state index contributed by atoms with van der Waals surface area (Å²) in [5.41, 5.74) is 0.285. The lowest BCUT2D eigenvalue weighted by Gasteiger charge is -2.18. The van der Waals surface area contributed by atoms with Crippen molar-refractivity contribution in [2.45, 2.75) is 18.8 Å². The average molecular weight is 265 g/mol. The Morgan fingerprint density at radius 2 is 2.05 bits per heavy atom. The van der Waals surface area contributed by atoms with E-state index in [0.29, 0.717) is 6.61 Å². The van der Waals surface area contributed by atoms with Gasteiger partial charge in [-0.3, -0.25) is 4.79 Å². The molecule has 0 radical (unpaired) electrons. The van der Waals surface area contributed by atoms with Crippen molar-refractivity contribution in [2.75, 3.05) is 27.2 Å². The molecular formula is C15H20FNO2. The molecule has 1 aliphatic carbocycles. The molecular weight excluding hydrogens is 245 g/mol. The van der Waals surface area contributed by atoms with Crippen LogP contribution in [0.15, 0.2) is 24.3 Å². The molecule has 19 heavy (non-hydrogen) atoms. The Kier molecular flexibility index (Phi) is 3.90. The van der Waals surface area contributed by atoms with Gasteiger partial charge < -0.3 is 9.64 Å². The molecule has 1 aromatic rings. The van der Waals surface area contributed by atoms with E-state index in [1.54, 1.807) is 19.1 Å². The zero-order valence-electron chi connectivity index (χ0n) is 11.6. The number of ether oxygens (including phenoxy) is 1. The molecule has 0 spiro atoms. The van der Waals surface area contributed by atoms with Crippen molar-refractivity contribution < 1.29 is 13.9 Å². The summed E-state index contributed by atoms with van der Waals surface area (Å²) >= 11 is 0. The highest BCUT2D eigenvalue weighted by atomic mass is 19.1. The molecule has 4 heteroatoms. The monoisotopic (exact) mass is 265 g/mol. The lowest BCUT2D eigenvalue weighted by molar-refractivity contribution is -0.146. The molecule has 0 amide bonds. The van der Waals surface area contributed by atoms with E-state index in [9.17, 15) is 9.18 Å². The first kappa shape index (κ1) is 14.0. The summed E-state index contributed by atoms with van der Waals surface area (Å²) in [4.78, 5) is 14.3. The second-order valence-corrected chi connectivity index (χ2v) is 5.36. The lowest BCUT2D eigenvalue weighted by atomic mass is 9.93. The second-order valence-electron chi connectivity index (χ2n) is 5.36. The molecule has 0 aromatic heterocycles. The molecule has 1 unspecified atom stereocenters. The third-order valence-electron chi connectivity index (χ3n) is 3.69. The van der Waals surface area contributed by atoms with Gasteiger partial charge in [0.1, 0.15) is 5.82 Å². The number of hydrogen-bond acceptors (Lipinski definition) is 3. The number of nitrogens with zero attached hydrogens (tertiary/aromatic N) is 1. The van der Waals surface area contributed by atoms with Gasteiger partial charge >= 0.3 is 5.97 Å². The summed E-state index contributed by atoms with van der Waals surface area (Å²) in [6.45, 7) is 3.01. The predicted molar refractivity (Wildman–Crippen MR) is 71.4 cm³/mol. The molecule has 1 aromatic carbocycles. The Morgan fingerprint density at radius 1 is 1.42 bits per heavy atom. The Morgan fingerprint density at radius 3 is 2.58 bits per heavy atom. The summed E-state index contributed by atoms with van der Waals surface area (Å²) < 4.78 is 18.2. The van der Waals surface area contributed by atoms with Crippen LogP contribution in [0.1, 0.15) is 18.9 Å². The molecule has 104 valence electrons. The Bertz CT molecular complexity index is 458. The van der Waals surface area contributed by atoms with E-state index in [0.717, 1.165) is 18.5 Å². The maximum absolute atomic E-state index is 13.0. The summed E-state index contributed by atoms with van der Waals surface area (Å²) in [5.74, 6) is -0.229. The van der Waals surface area contributed by atoms with Crippen LogP contribution < -0.4 is 0 Å². The van der Waals surface area contributed by atoms with Crippen LogP contribution in [0.3, 0.4) is 0 Å². The van der Waals surface area contributed by atoms with Gasteiger partial charge in [0.15, 0.2) is 0 Å². The van der Waals surface area contributed by atoms with E-state index in [1.165, 1.54) is 12.1 Å². The van der Waals surface area contributed by atoms with E-state index >= 15 is 0 Å². The third-order valence-corrected chi connectivity index (χ3v) is 3.69. The first-order valence-electron chi connectivity index (χ1n) is 6.58. The van der Waals surface area contributed by atoms with E-state index in [-0.39, 0.29) is 17.7 Å². The van der Waals surface area contributed by atoms with Crippen molar-refractivity contribution in [3.8, 4) is 0 Å². The SMILES string of the molecule is CCOC(=O)[C@@]1(c2ccc(F)cc2)CC1CN(C)C. The Hall–Kier alpha value is -1.42. The van der Waals surface area contributed by atoms with Crippen LogP contribution in [0, 0.1) is 11.7 Å². The summed E-state index contributed by atoms with van der Waals surface area (Å²) in [7, 11) is 3.97. The molecule has 3 nitrogen and oxygen atoms in total. The van der Waals surface area contributed by atoms with Crippen molar-refractivity contribution in [2.24, 2.45) is 5.92 Å². The molecule has 2 atom stereocenters. The van der Waals surface area contributed by atoms with E-state index in [4.69, 9.17) is 4.74 Å². The number of rotatable bonds is 5. The molecule has 0 saturated heterocycles. The van der Waals surface area contributed by atoms with E-state index in [1.807, 2.05) is 14.1 Å². The Balaban J connectivity index is 2.26. The number of esters is 1. The summed E-state index contributed by atoms with van der Waals surface area (Å²) in [6, 6.07) is 6.20. The largest absolute Gasteiger partial charge is 0.465 e. The first-order chi connectivity index (χ1) is 9.00. The maximum Gasteiger partial charge on any atom is 0.316 e. The van der Waals surface area contributed by atoms with Crippen molar-refractivity contribution in [1.82, 2.24) is 4.90 Å². The van der Waals surface area contributed by atoms with Crippen LogP contribution in [-0.4, -0.2) is 38.1 Å². The van der Waals surface area contributed by atoms with Crippen LogP contribution in [-0.2, 0) is 14.9 Å². The molecule has 0 heterocycles. The number of hydrogen-bond donors (Lipinski definition) is 0. The van der Waals surface area contributed by atoms with Crippen molar-refractivity contribution in [1.29, 1.82) is 0 Å². The van der Waals surface area contributed by atoms with Crippen LogP contribution >= 0.6 is 0 Å². The smallest absolute Gasteiger partial charge is 0.316 e. The zero-order chi connectivity index (χ0) is 14.0. The first-order valence-corrected chi connectivity index (χ1v) is 6.58. The quantitative estimate of drug-likeness (QED) is 0.764. The van der Waals surface area contributed by atoms with Crippen LogP contribution in [0.4, 0.5) is 4.39 Å². The van der Waals surface area contributed by atoms with Gasteiger partial charge in [0.25, 0.3) is 0 Å². The van der Waals surface area contributed by atoms with Crippen LogP contribution in [0.2, 0.25) is 0 Å². The molecule has 1 saturated carbocycles. The van der Waals surface area contributed by atoms with Crippen molar-refractivity contribution in [3.63, 3.8) is 0 Å². The van der Waals surface area contributed by atoms with Gasteiger partial charge in [-0.2, -0.15) is 0 Å². The highest BCUT2D eigenvalue weighted by Gasteiger charge is 2.62. The van der Waals surface area contributed by atoms with E-state index < -0.39 is 5.41 Å². The van der Waals surface area contributed by atoms with Gasteiger partial charge in [-0.15, -0.1) is 0 Å². The number of carbonyl (C=O) groups excluding carboxylic acids is 1. The van der Waals surface area contributed by atoms with Gasteiger partial charge in [0.2, 0.25) is 0 Å². The topological polar surface area (TPSA) is 29.5 Å². The normalized spacial score (nSPS) is 25.4. The molecule has 2 rings (SSSR count). The molecule has 1 aliphatic rings. The Labute approximate surface area is 113 Å². The fourth-order valence-electron chi connectivity index (χ4n) is 2.72. The molecule has 0 bridgehead atoms. The van der Waals surface area contributed by atoms with E-state index in [2.05, 4.69) is 4.90 Å². The summed E-state index contributed by atoms with van der Waals surface area (Å²) in [6.07, 6.45) is 0.773. The predicted octanol–water partition coefficient (Wildman–Crippen LogP) is 2.21. The second kappa shape index (κ2) is 5.29. The summed E-state index contributed by atoms with van der Waals surface area (Å²) in [5, 5.41) is 0. The third kappa shape index (κ3) is 2.63. The molecule has 1 fully saturated rings. The maximum atomic E-state index is 13.0. The zero-order valence-corrected chi connectivity index (χ0v) is 11.6. The van der Waals surface area contributed by atoms with Gasteiger partial charge in [-0.05, 0) is 51.1 Å². The minimum absolute atomic E-state index is 0.187. The molecule has 0 N–H and O–H groups in total. The lowest BCUT2D eigenvalue weighted by Crippen LogP contribution is -2.29. The average Bonchev–Trinajstić information content (AvgIpc) is 3.04. The van der Waals surface area contributed by atoms with Crippen LogP contribution in [0.25, 0.3) is 0 Å². The fraction of sp³-hybridized carbons (Fsp3) is 0.533. The van der Waals surface area contributed by atoms with Crippen molar-refractivity contribution in [3.05, 3.63) is 35.6 Å².